The Labute approximate surface area is 136 Å². The fourth-order valence-electron chi connectivity index (χ4n) is 3.00. The first-order valence-electron chi connectivity index (χ1n) is 7.97. The minimum atomic E-state index is -0.128. The van der Waals surface area contributed by atoms with Crippen molar-refractivity contribution in [1.82, 2.24) is 10.6 Å². The van der Waals surface area contributed by atoms with Crippen molar-refractivity contribution in [3.63, 3.8) is 0 Å². The molecule has 2 aliphatic rings. The molecular formula is C19H20N2O2. The van der Waals surface area contributed by atoms with Crippen LogP contribution < -0.4 is 10.6 Å². The maximum absolute atomic E-state index is 5.82. The molecule has 0 spiro atoms. The quantitative estimate of drug-likeness (QED) is 0.915. The van der Waals surface area contributed by atoms with Crippen LogP contribution in [0.25, 0.3) is 0 Å². The van der Waals surface area contributed by atoms with Crippen LogP contribution in [0.4, 0.5) is 0 Å². The molecule has 4 rings (SSSR count). The van der Waals surface area contributed by atoms with Crippen LogP contribution in [-0.4, -0.2) is 19.4 Å². The third-order valence-corrected chi connectivity index (χ3v) is 4.24. The van der Waals surface area contributed by atoms with Crippen LogP contribution >= 0.6 is 0 Å². The molecule has 4 nitrogen and oxygen atoms in total. The van der Waals surface area contributed by atoms with Gasteiger partial charge in [-0.3, -0.25) is 5.32 Å². The van der Waals surface area contributed by atoms with Gasteiger partial charge in [-0.25, -0.2) is 0 Å². The van der Waals surface area contributed by atoms with E-state index in [9.17, 15) is 0 Å². The number of nitrogens with one attached hydrogen (secondary N) is 2. The second-order valence-corrected chi connectivity index (χ2v) is 5.83. The average Bonchev–Trinajstić information content (AvgIpc) is 3.27. The lowest BCUT2D eigenvalue weighted by Gasteiger charge is -2.10. The Morgan fingerprint density at radius 2 is 1.48 bits per heavy atom. The largest absolute Gasteiger partial charge is 0.477 e. The third kappa shape index (κ3) is 3.23. The molecule has 23 heavy (non-hydrogen) atoms. The van der Waals surface area contributed by atoms with E-state index in [1.165, 1.54) is 11.1 Å². The lowest BCUT2D eigenvalue weighted by molar-refractivity contribution is 0.130. The summed E-state index contributed by atoms with van der Waals surface area (Å²) >= 11 is 0. The Morgan fingerprint density at radius 3 is 2.17 bits per heavy atom. The Balaban J connectivity index is 1.38. The molecule has 0 aliphatic carbocycles. The highest BCUT2D eigenvalue weighted by Gasteiger charge is 2.27. The highest BCUT2D eigenvalue weighted by molar-refractivity contribution is 5.23. The predicted molar refractivity (Wildman–Crippen MR) is 88.4 cm³/mol. The van der Waals surface area contributed by atoms with Crippen molar-refractivity contribution in [2.75, 3.05) is 13.2 Å². The summed E-state index contributed by atoms with van der Waals surface area (Å²) in [6, 6.07) is 21.1. The number of benzene rings is 2. The van der Waals surface area contributed by atoms with Gasteiger partial charge < -0.3 is 14.8 Å². The molecule has 118 valence electrons. The smallest absolute Gasteiger partial charge is 0.187 e. The zero-order valence-electron chi connectivity index (χ0n) is 12.8. The molecule has 0 saturated carbocycles. The minimum Gasteiger partial charge on any atom is -0.477 e. The van der Waals surface area contributed by atoms with Gasteiger partial charge in [-0.05, 0) is 11.1 Å². The van der Waals surface area contributed by atoms with Crippen LogP contribution in [-0.2, 0) is 9.47 Å². The molecule has 0 radical (unpaired) electrons. The first-order valence-corrected chi connectivity index (χ1v) is 7.97. The first kappa shape index (κ1) is 14.3. The fraction of sp³-hybridized carbons (Fsp3) is 0.263. The summed E-state index contributed by atoms with van der Waals surface area (Å²) in [5.41, 5.74) is 2.48. The molecule has 1 unspecified atom stereocenters. The Morgan fingerprint density at radius 1 is 0.826 bits per heavy atom. The van der Waals surface area contributed by atoms with Gasteiger partial charge in [-0.2, -0.15) is 0 Å². The van der Waals surface area contributed by atoms with Gasteiger partial charge in [0.1, 0.15) is 12.8 Å². The van der Waals surface area contributed by atoms with Gasteiger partial charge in [-0.15, -0.1) is 0 Å². The van der Waals surface area contributed by atoms with E-state index in [2.05, 4.69) is 47.0 Å². The first-order chi connectivity index (χ1) is 11.4. The fourth-order valence-corrected chi connectivity index (χ4v) is 3.00. The van der Waals surface area contributed by atoms with E-state index >= 15 is 0 Å². The van der Waals surface area contributed by atoms with Gasteiger partial charge in [0.25, 0.3) is 0 Å². The summed E-state index contributed by atoms with van der Waals surface area (Å²) < 4.78 is 11.6. The number of rotatable bonds is 3. The summed E-state index contributed by atoms with van der Waals surface area (Å²) in [7, 11) is 0. The van der Waals surface area contributed by atoms with Crippen LogP contribution in [0.5, 0.6) is 0 Å². The van der Waals surface area contributed by atoms with Crippen molar-refractivity contribution in [1.29, 1.82) is 0 Å². The van der Waals surface area contributed by atoms with Crippen LogP contribution in [0.1, 0.15) is 23.2 Å². The van der Waals surface area contributed by atoms with Crippen LogP contribution in [0.15, 0.2) is 72.6 Å². The molecule has 2 aliphatic heterocycles. The van der Waals surface area contributed by atoms with Gasteiger partial charge >= 0.3 is 0 Å². The molecule has 2 heterocycles. The van der Waals surface area contributed by atoms with Gasteiger partial charge in [0.2, 0.25) is 0 Å². The van der Waals surface area contributed by atoms with Gasteiger partial charge in [0.15, 0.2) is 5.88 Å². The molecule has 2 N–H and O–H groups in total. The molecule has 2 fully saturated rings. The summed E-state index contributed by atoms with van der Waals surface area (Å²) in [5, 5.41) is 6.88. The summed E-state index contributed by atoms with van der Waals surface area (Å²) in [6.07, 6.45) is 1.85. The second-order valence-electron chi connectivity index (χ2n) is 5.83. The topological polar surface area (TPSA) is 42.5 Å². The molecule has 0 aromatic heterocycles. The SMILES string of the molecule is C(=C1/N[C@@H](c2ccccc2)CO1)/C1N[C@@H](c2ccccc2)CO1. The van der Waals surface area contributed by atoms with E-state index in [0.717, 1.165) is 5.88 Å². The normalized spacial score (nSPS) is 28.5. The highest BCUT2D eigenvalue weighted by atomic mass is 16.5. The Hall–Kier alpha value is -2.30. The zero-order chi connectivity index (χ0) is 15.5. The van der Waals surface area contributed by atoms with Crippen molar-refractivity contribution in [2.45, 2.75) is 18.3 Å². The second kappa shape index (κ2) is 6.44. The van der Waals surface area contributed by atoms with E-state index in [1.54, 1.807) is 0 Å². The summed E-state index contributed by atoms with van der Waals surface area (Å²) in [4.78, 5) is 0. The number of hydrogen-bond acceptors (Lipinski definition) is 4. The molecule has 2 aromatic carbocycles. The van der Waals surface area contributed by atoms with Crippen molar-refractivity contribution in [3.8, 4) is 0 Å². The predicted octanol–water partition coefficient (Wildman–Crippen LogP) is 2.88. The van der Waals surface area contributed by atoms with E-state index in [1.807, 2.05) is 30.3 Å². The Kier molecular flexibility index (Phi) is 4.01. The third-order valence-electron chi connectivity index (χ3n) is 4.24. The van der Waals surface area contributed by atoms with Gasteiger partial charge in [0.05, 0.1) is 18.7 Å². The summed E-state index contributed by atoms with van der Waals surface area (Å²) in [5.74, 6) is 0.782. The van der Waals surface area contributed by atoms with Gasteiger partial charge in [0, 0.05) is 6.08 Å². The molecule has 3 atom stereocenters. The lowest BCUT2D eigenvalue weighted by atomic mass is 10.1. The van der Waals surface area contributed by atoms with Crippen LogP contribution in [0.2, 0.25) is 0 Å². The summed E-state index contributed by atoms with van der Waals surface area (Å²) in [6.45, 7) is 1.31. The monoisotopic (exact) mass is 308 g/mol. The molecule has 4 heteroatoms. The van der Waals surface area contributed by atoms with Crippen molar-refractivity contribution in [3.05, 3.63) is 83.7 Å². The lowest BCUT2D eigenvalue weighted by Crippen LogP contribution is -2.25. The van der Waals surface area contributed by atoms with E-state index in [4.69, 9.17) is 9.47 Å². The van der Waals surface area contributed by atoms with E-state index in [-0.39, 0.29) is 18.3 Å². The van der Waals surface area contributed by atoms with Crippen molar-refractivity contribution >= 4 is 0 Å². The van der Waals surface area contributed by atoms with Crippen LogP contribution in [0, 0.1) is 0 Å². The average molecular weight is 308 g/mol. The molecular weight excluding hydrogens is 288 g/mol. The molecule has 0 amide bonds. The molecule has 2 aromatic rings. The standard InChI is InChI=1S/C19H20N2O2/c1-3-7-14(8-4-1)16-12-22-18(20-16)11-19-21-17(13-23-19)15-9-5-2-6-10-15/h1-11,16-18,20-21H,12-13H2/b19-11+/t16-,17-,18?/m1/s1. The van der Waals surface area contributed by atoms with Gasteiger partial charge in [-0.1, -0.05) is 60.7 Å². The van der Waals surface area contributed by atoms with E-state index < -0.39 is 0 Å². The maximum atomic E-state index is 5.82. The van der Waals surface area contributed by atoms with Crippen molar-refractivity contribution < 1.29 is 9.47 Å². The van der Waals surface area contributed by atoms with Crippen molar-refractivity contribution in [2.24, 2.45) is 0 Å². The Bertz CT molecular complexity index is 672. The number of hydrogen-bond donors (Lipinski definition) is 2. The highest BCUT2D eigenvalue weighted by Crippen LogP contribution is 2.24. The zero-order valence-corrected chi connectivity index (χ0v) is 12.8. The molecule has 0 bridgehead atoms. The molecule has 2 saturated heterocycles. The maximum Gasteiger partial charge on any atom is 0.187 e. The number of ether oxygens (including phenoxy) is 2. The van der Waals surface area contributed by atoms with Crippen LogP contribution in [0.3, 0.4) is 0 Å². The minimum absolute atomic E-state index is 0.128. The van der Waals surface area contributed by atoms with E-state index in [0.29, 0.717) is 13.2 Å².